The molecule has 1 fully saturated rings. The fourth-order valence-electron chi connectivity index (χ4n) is 5.67. The van der Waals surface area contributed by atoms with E-state index < -0.39 is 10.0 Å². The third-order valence-electron chi connectivity index (χ3n) is 7.98. The summed E-state index contributed by atoms with van der Waals surface area (Å²) < 4.78 is 27.6. The first-order chi connectivity index (χ1) is 22.7. The number of anilines is 2. The maximum absolute atomic E-state index is 13.2. The van der Waals surface area contributed by atoms with Gasteiger partial charge in [0.2, 0.25) is 5.91 Å². The smallest absolute Gasteiger partial charge is 0.269 e. The quantitative estimate of drug-likeness (QED) is 0.193. The predicted molar refractivity (Wildman–Crippen MR) is 184 cm³/mol. The Hall–Kier alpha value is -4.91. The molecule has 0 bridgehead atoms. The number of rotatable bonds is 11. The number of hydrogen-bond acceptors (Lipinski definition) is 9. The van der Waals surface area contributed by atoms with E-state index >= 15 is 0 Å². The summed E-state index contributed by atoms with van der Waals surface area (Å²) in [4.78, 5) is 30.2. The van der Waals surface area contributed by atoms with Crippen molar-refractivity contribution in [3.8, 4) is 11.3 Å². The van der Waals surface area contributed by atoms with E-state index in [1.54, 1.807) is 48.7 Å². The van der Waals surface area contributed by atoms with Crippen LogP contribution in [-0.4, -0.2) is 82.8 Å². The lowest BCUT2D eigenvalue weighted by atomic mass is 10.0. The summed E-state index contributed by atoms with van der Waals surface area (Å²) in [6.07, 6.45) is 10.2. The van der Waals surface area contributed by atoms with Gasteiger partial charge in [-0.05, 0) is 75.4 Å². The van der Waals surface area contributed by atoms with Gasteiger partial charge in [-0.3, -0.25) is 9.69 Å². The first-order valence-electron chi connectivity index (χ1n) is 15.5. The van der Waals surface area contributed by atoms with Gasteiger partial charge < -0.3 is 15.5 Å². The summed E-state index contributed by atoms with van der Waals surface area (Å²) >= 11 is 0. The monoisotopic (exact) mass is 650 g/mol. The number of pyridine rings is 1. The van der Waals surface area contributed by atoms with Gasteiger partial charge in [0.15, 0.2) is 5.65 Å². The molecule has 1 saturated heterocycles. The summed E-state index contributed by atoms with van der Waals surface area (Å²) in [7, 11) is 0.154. The van der Waals surface area contributed by atoms with Crippen LogP contribution in [0.5, 0.6) is 0 Å². The van der Waals surface area contributed by atoms with E-state index in [2.05, 4.69) is 42.6 Å². The summed E-state index contributed by atoms with van der Waals surface area (Å²) in [5, 5.41) is 7.20. The molecule has 5 aromatic rings. The van der Waals surface area contributed by atoms with Crippen molar-refractivity contribution < 1.29 is 13.2 Å². The molecule has 1 aliphatic heterocycles. The van der Waals surface area contributed by atoms with Gasteiger partial charge in [0.05, 0.1) is 10.6 Å². The molecule has 6 rings (SSSR count). The van der Waals surface area contributed by atoms with Crippen LogP contribution >= 0.6 is 0 Å². The zero-order valence-corrected chi connectivity index (χ0v) is 27.3. The Morgan fingerprint density at radius 3 is 2.62 bits per heavy atom. The summed E-state index contributed by atoms with van der Waals surface area (Å²) in [5.74, 6) is 0.591. The maximum atomic E-state index is 13.2. The molecule has 47 heavy (non-hydrogen) atoms. The average Bonchev–Trinajstić information content (AvgIpc) is 3.51. The second-order valence-corrected chi connectivity index (χ2v) is 13.7. The van der Waals surface area contributed by atoms with Crippen LogP contribution in [0, 0.1) is 0 Å². The van der Waals surface area contributed by atoms with E-state index in [1.807, 2.05) is 49.3 Å². The lowest BCUT2D eigenvalue weighted by Gasteiger charge is -2.33. The van der Waals surface area contributed by atoms with Gasteiger partial charge in [0.25, 0.3) is 10.0 Å². The molecule has 2 N–H and O–H groups in total. The zero-order chi connectivity index (χ0) is 32.8. The van der Waals surface area contributed by atoms with Crippen LogP contribution in [-0.2, 0) is 21.4 Å². The maximum Gasteiger partial charge on any atom is 0.269 e. The van der Waals surface area contributed by atoms with Crippen LogP contribution < -0.4 is 10.6 Å². The second-order valence-electron chi connectivity index (χ2n) is 11.9. The highest BCUT2D eigenvalue weighted by molar-refractivity contribution is 7.90. The van der Waals surface area contributed by atoms with Gasteiger partial charge in [0.1, 0.15) is 12.1 Å². The topological polar surface area (TPSA) is 125 Å². The number of carbonyl (C=O) groups excluding carboxylic acids is 1. The Balaban J connectivity index is 1.07. The lowest BCUT2D eigenvalue weighted by molar-refractivity contribution is -0.111. The van der Waals surface area contributed by atoms with Crippen molar-refractivity contribution in [2.45, 2.75) is 30.3 Å². The van der Waals surface area contributed by atoms with Crippen molar-refractivity contribution in [3.63, 3.8) is 0 Å². The number of hydrogen-bond donors (Lipinski definition) is 2. The van der Waals surface area contributed by atoms with Gasteiger partial charge in [-0.1, -0.05) is 36.4 Å². The number of likely N-dealkylation sites (N-methyl/N-ethyl adjacent to an activating group) is 1. The number of nitrogens with zero attached hydrogens (tertiary/aromatic N) is 6. The van der Waals surface area contributed by atoms with E-state index in [1.165, 1.54) is 22.1 Å². The SMILES string of the molecule is CN(C)C/C=C/C(=O)Nc1ccc(CN2CCCC(Nc3cc(-c4cnc5c(ccn5S(=O)(=O)c5ccccc5)c4)ncn3)C2)cc1. The number of likely N-dealkylation sites (tertiary alicyclic amines) is 1. The van der Waals surface area contributed by atoms with Gasteiger partial charge in [0, 0.05) is 66.8 Å². The molecule has 0 saturated carbocycles. The van der Waals surface area contributed by atoms with Crippen LogP contribution in [0.3, 0.4) is 0 Å². The minimum absolute atomic E-state index is 0.136. The van der Waals surface area contributed by atoms with Crippen LogP contribution in [0.2, 0.25) is 0 Å². The molecule has 0 aliphatic carbocycles. The van der Waals surface area contributed by atoms with Crippen molar-refractivity contribution >= 4 is 38.5 Å². The number of benzene rings is 2. The van der Waals surface area contributed by atoms with Crippen molar-refractivity contribution in [2.75, 3.05) is 44.4 Å². The number of carbonyl (C=O) groups is 1. The molecule has 2 aromatic carbocycles. The van der Waals surface area contributed by atoms with Crippen molar-refractivity contribution in [2.24, 2.45) is 0 Å². The lowest BCUT2D eigenvalue weighted by Crippen LogP contribution is -2.41. The van der Waals surface area contributed by atoms with E-state index in [4.69, 9.17) is 0 Å². The van der Waals surface area contributed by atoms with Crippen LogP contribution in [0.25, 0.3) is 22.3 Å². The van der Waals surface area contributed by atoms with E-state index in [-0.39, 0.29) is 16.8 Å². The van der Waals surface area contributed by atoms with Crippen LogP contribution in [0.1, 0.15) is 18.4 Å². The van der Waals surface area contributed by atoms with Crippen LogP contribution in [0.4, 0.5) is 11.5 Å². The van der Waals surface area contributed by atoms with Gasteiger partial charge in [-0.15, -0.1) is 0 Å². The number of amides is 1. The molecule has 1 unspecified atom stereocenters. The Bertz CT molecular complexity index is 1980. The summed E-state index contributed by atoms with van der Waals surface area (Å²) in [6, 6.07) is 22.1. The Labute approximate surface area is 275 Å². The summed E-state index contributed by atoms with van der Waals surface area (Å²) in [6.45, 7) is 3.40. The van der Waals surface area contributed by atoms with E-state index in [0.717, 1.165) is 49.5 Å². The largest absolute Gasteiger partial charge is 0.366 e. The second kappa shape index (κ2) is 14.2. The molecule has 1 amide bonds. The molecule has 0 spiro atoms. The standard InChI is InChI=1S/C35H38N8O3S/c1-41(2)17-7-11-34(44)40-29-14-12-26(13-15-29)23-42-18-6-8-30(24-42)39-33-21-32(37-25-38-33)28-20-27-16-19-43(35(27)36-22-28)47(45,46)31-9-4-3-5-10-31/h3-5,7,9-16,19-22,25,30H,6,8,17-18,23-24H2,1-2H3,(H,40,44)(H,37,38,39)/b11-7+. The molecule has 4 heterocycles. The van der Waals surface area contributed by atoms with Gasteiger partial charge in [-0.25, -0.2) is 27.3 Å². The van der Waals surface area contributed by atoms with Crippen molar-refractivity contribution in [3.05, 3.63) is 109 Å². The third kappa shape index (κ3) is 7.91. The first kappa shape index (κ1) is 32.0. The highest BCUT2D eigenvalue weighted by Gasteiger charge is 2.22. The van der Waals surface area contributed by atoms with Gasteiger partial charge in [-0.2, -0.15) is 0 Å². The van der Waals surface area contributed by atoms with Crippen molar-refractivity contribution in [1.29, 1.82) is 0 Å². The number of aromatic nitrogens is 4. The summed E-state index contributed by atoms with van der Waals surface area (Å²) in [5.41, 5.74) is 3.79. The third-order valence-corrected chi connectivity index (χ3v) is 9.66. The zero-order valence-electron chi connectivity index (χ0n) is 26.5. The number of nitrogens with one attached hydrogen (secondary N) is 2. The Morgan fingerprint density at radius 2 is 1.83 bits per heavy atom. The Kier molecular flexibility index (Phi) is 9.71. The van der Waals surface area contributed by atoms with E-state index in [0.29, 0.717) is 23.3 Å². The van der Waals surface area contributed by atoms with Gasteiger partial charge >= 0.3 is 0 Å². The molecule has 12 heteroatoms. The molecule has 242 valence electrons. The molecule has 11 nitrogen and oxygen atoms in total. The fraction of sp³-hybridized carbons (Fsp3) is 0.257. The number of fused-ring (bicyclic) bond motifs is 1. The van der Waals surface area contributed by atoms with Crippen LogP contribution in [0.15, 0.2) is 109 Å². The minimum atomic E-state index is -3.76. The predicted octanol–water partition coefficient (Wildman–Crippen LogP) is 4.86. The molecule has 3 aromatic heterocycles. The average molecular weight is 651 g/mol. The highest BCUT2D eigenvalue weighted by Crippen LogP contribution is 2.26. The van der Waals surface area contributed by atoms with E-state index in [9.17, 15) is 13.2 Å². The van der Waals surface area contributed by atoms with Crippen molar-refractivity contribution in [1.82, 2.24) is 28.7 Å². The molecular weight excluding hydrogens is 613 g/mol. The number of piperidine rings is 1. The highest BCUT2D eigenvalue weighted by atomic mass is 32.2. The molecule has 0 radical (unpaired) electrons. The first-order valence-corrected chi connectivity index (χ1v) is 17.0. The molecular formula is C35H38N8O3S. The molecule has 1 aliphatic rings. The fourth-order valence-corrected chi connectivity index (χ4v) is 7.00. The molecule has 1 atom stereocenters. The normalized spacial score (nSPS) is 15.8. The minimum Gasteiger partial charge on any atom is -0.366 e. The Morgan fingerprint density at radius 1 is 1.02 bits per heavy atom.